The van der Waals surface area contributed by atoms with Gasteiger partial charge in [0, 0.05) is 18.8 Å². The number of carbonyl (C=O) groups is 1. The molecular weight excluding hydrogens is 372 g/mol. The number of carbonyl (C=O) groups excluding carboxylic acids is 1. The number of sulfonamides is 1. The molecule has 5 nitrogen and oxygen atoms in total. The van der Waals surface area contributed by atoms with E-state index in [4.69, 9.17) is 0 Å². The molecule has 0 spiro atoms. The summed E-state index contributed by atoms with van der Waals surface area (Å²) in [5.41, 5.74) is 1.58. The van der Waals surface area contributed by atoms with Crippen LogP contribution in [0.5, 0.6) is 0 Å². The van der Waals surface area contributed by atoms with Crippen LogP contribution in [-0.4, -0.2) is 31.7 Å². The highest BCUT2D eigenvalue weighted by atomic mass is 32.2. The highest BCUT2D eigenvalue weighted by Gasteiger charge is 2.28. The quantitative estimate of drug-likeness (QED) is 0.789. The predicted octanol–water partition coefficient (Wildman–Crippen LogP) is 4.24. The smallest absolute Gasteiger partial charge is 0.243 e. The number of nitrogens with one attached hydrogen (secondary N) is 1. The Bertz CT molecular complexity index is 887. The van der Waals surface area contributed by atoms with Crippen molar-refractivity contribution in [2.24, 2.45) is 5.92 Å². The van der Waals surface area contributed by atoms with E-state index >= 15 is 0 Å². The lowest BCUT2D eigenvalue weighted by atomic mass is 9.95. The van der Waals surface area contributed by atoms with E-state index in [-0.39, 0.29) is 16.7 Å². The second kappa shape index (κ2) is 8.88. The standard InChI is InChI=1S/C22H28N2O3S/c1-3-21(18-7-5-4-6-8-18)22(25)23-19-9-11-20(12-10-19)28(26,27)24-15-13-17(2)14-16-24/h4-12,17,21H,3,13-16H2,1-2H3,(H,23,25)/t21-/m1/s1. The van der Waals surface area contributed by atoms with Crippen molar-refractivity contribution in [3.05, 3.63) is 60.2 Å². The van der Waals surface area contributed by atoms with Crippen LogP contribution in [0, 0.1) is 5.92 Å². The zero-order valence-corrected chi connectivity index (χ0v) is 17.3. The van der Waals surface area contributed by atoms with E-state index in [0.717, 1.165) is 18.4 Å². The van der Waals surface area contributed by atoms with E-state index in [1.54, 1.807) is 28.6 Å². The second-order valence-electron chi connectivity index (χ2n) is 7.47. The van der Waals surface area contributed by atoms with Gasteiger partial charge in [-0.1, -0.05) is 44.2 Å². The Labute approximate surface area is 167 Å². The number of anilines is 1. The Balaban J connectivity index is 1.69. The molecule has 28 heavy (non-hydrogen) atoms. The van der Waals surface area contributed by atoms with Crippen molar-refractivity contribution in [1.82, 2.24) is 4.31 Å². The fraction of sp³-hybridized carbons (Fsp3) is 0.409. The van der Waals surface area contributed by atoms with Gasteiger partial charge in [0.05, 0.1) is 10.8 Å². The van der Waals surface area contributed by atoms with Gasteiger partial charge >= 0.3 is 0 Å². The van der Waals surface area contributed by atoms with Gasteiger partial charge in [-0.15, -0.1) is 0 Å². The molecule has 1 fully saturated rings. The second-order valence-corrected chi connectivity index (χ2v) is 9.41. The minimum absolute atomic E-state index is 0.0886. The van der Waals surface area contributed by atoms with E-state index in [1.165, 1.54) is 0 Å². The van der Waals surface area contributed by atoms with Crippen LogP contribution < -0.4 is 5.32 Å². The lowest BCUT2D eigenvalue weighted by molar-refractivity contribution is -0.117. The molecule has 2 aromatic carbocycles. The van der Waals surface area contributed by atoms with E-state index in [9.17, 15) is 13.2 Å². The number of amides is 1. The van der Waals surface area contributed by atoms with E-state index in [2.05, 4.69) is 12.2 Å². The summed E-state index contributed by atoms with van der Waals surface area (Å²) >= 11 is 0. The summed E-state index contributed by atoms with van der Waals surface area (Å²) in [6.45, 7) is 5.27. The summed E-state index contributed by atoms with van der Waals surface area (Å²) in [5, 5.41) is 2.91. The summed E-state index contributed by atoms with van der Waals surface area (Å²) in [7, 11) is -3.47. The van der Waals surface area contributed by atoms with Crippen LogP contribution in [-0.2, 0) is 14.8 Å². The first kappa shape index (κ1) is 20.6. The zero-order valence-electron chi connectivity index (χ0n) is 16.5. The van der Waals surface area contributed by atoms with E-state index < -0.39 is 10.0 Å². The molecule has 1 N–H and O–H groups in total. The summed E-state index contributed by atoms with van der Waals surface area (Å²) in [5.74, 6) is 0.245. The molecule has 6 heteroatoms. The molecule has 0 unspecified atom stereocenters. The molecule has 3 rings (SSSR count). The lowest BCUT2D eigenvalue weighted by Crippen LogP contribution is -2.37. The maximum Gasteiger partial charge on any atom is 0.243 e. The van der Waals surface area contributed by atoms with Crippen molar-refractivity contribution in [2.75, 3.05) is 18.4 Å². The molecular formula is C22H28N2O3S. The van der Waals surface area contributed by atoms with Gasteiger partial charge in [0.15, 0.2) is 0 Å². The normalized spacial score (nSPS) is 17.2. The van der Waals surface area contributed by atoms with Crippen LogP contribution in [0.2, 0.25) is 0 Å². The summed E-state index contributed by atoms with van der Waals surface area (Å²) < 4.78 is 27.2. The molecule has 1 saturated heterocycles. The lowest BCUT2D eigenvalue weighted by Gasteiger charge is -2.29. The average molecular weight is 401 g/mol. The Morgan fingerprint density at radius 2 is 1.68 bits per heavy atom. The minimum atomic E-state index is -3.47. The molecule has 1 atom stereocenters. The van der Waals surface area contributed by atoms with Gasteiger partial charge < -0.3 is 5.32 Å². The Hall–Kier alpha value is -2.18. The van der Waals surface area contributed by atoms with Crippen LogP contribution in [0.15, 0.2) is 59.5 Å². The molecule has 0 bridgehead atoms. The largest absolute Gasteiger partial charge is 0.326 e. The van der Waals surface area contributed by atoms with E-state index in [0.29, 0.717) is 31.1 Å². The molecule has 2 aromatic rings. The number of piperidine rings is 1. The summed E-state index contributed by atoms with van der Waals surface area (Å²) in [4.78, 5) is 12.9. The number of rotatable bonds is 6. The highest BCUT2D eigenvalue weighted by molar-refractivity contribution is 7.89. The maximum atomic E-state index is 12.8. The van der Waals surface area contributed by atoms with Gasteiger partial charge in [0.1, 0.15) is 0 Å². The van der Waals surface area contributed by atoms with Crippen LogP contribution >= 0.6 is 0 Å². The monoisotopic (exact) mass is 400 g/mol. The van der Waals surface area contributed by atoms with Crippen molar-refractivity contribution in [1.29, 1.82) is 0 Å². The third-order valence-corrected chi connectivity index (χ3v) is 7.34. The van der Waals surface area contributed by atoms with Crippen molar-refractivity contribution in [3.8, 4) is 0 Å². The Morgan fingerprint density at radius 3 is 2.25 bits per heavy atom. The molecule has 150 valence electrons. The molecule has 0 aliphatic carbocycles. The predicted molar refractivity (Wildman–Crippen MR) is 112 cm³/mol. The van der Waals surface area contributed by atoms with Crippen molar-refractivity contribution < 1.29 is 13.2 Å². The number of nitrogens with zero attached hydrogens (tertiary/aromatic N) is 1. The summed E-state index contributed by atoms with van der Waals surface area (Å²) in [6, 6.07) is 16.1. The maximum absolute atomic E-state index is 12.8. The SMILES string of the molecule is CC[C@@H](C(=O)Nc1ccc(S(=O)(=O)N2CCC(C)CC2)cc1)c1ccccc1. The number of hydrogen-bond acceptors (Lipinski definition) is 3. The average Bonchev–Trinajstić information content (AvgIpc) is 2.70. The third-order valence-electron chi connectivity index (χ3n) is 5.43. The van der Waals surface area contributed by atoms with E-state index in [1.807, 2.05) is 37.3 Å². The van der Waals surface area contributed by atoms with Gasteiger partial charge in [-0.25, -0.2) is 8.42 Å². The first-order chi connectivity index (χ1) is 13.4. The van der Waals surface area contributed by atoms with Gasteiger partial charge in [-0.3, -0.25) is 4.79 Å². The zero-order chi connectivity index (χ0) is 20.1. The molecule has 1 amide bonds. The Kier molecular flexibility index (Phi) is 6.52. The topological polar surface area (TPSA) is 66.5 Å². The van der Waals surface area contributed by atoms with Gasteiger partial charge in [-0.05, 0) is 55.0 Å². The fourth-order valence-electron chi connectivity index (χ4n) is 3.57. The molecule has 1 aliphatic heterocycles. The number of benzene rings is 2. The van der Waals surface area contributed by atoms with Gasteiger partial charge in [0.25, 0.3) is 0 Å². The first-order valence-electron chi connectivity index (χ1n) is 9.88. The number of hydrogen-bond donors (Lipinski definition) is 1. The van der Waals surface area contributed by atoms with Crippen molar-refractivity contribution >= 4 is 21.6 Å². The van der Waals surface area contributed by atoms with Crippen molar-refractivity contribution in [3.63, 3.8) is 0 Å². The van der Waals surface area contributed by atoms with Crippen LogP contribution in [0.3, 0.4) is 0 Å². The molecule has 1 heterocycles. The van der Waals surface area contributed by atoms with Crippen LogP contribution in [0.4, 0.5) is 5.69 Å². The fourth-order valence-corrected chi connectivity index (χ4v) is 5.04. The van der Waals surface area contributed by atoms with Crippen LogP contribution in [0.1, 0.15) is 44.6 Å². The van der Waals surface area contributed by atoms with Gasteiger partial charge in [-0.2, -0.15) is 4.31 Å². The Morgan fingerprint density at radius 1 is 1.07 bits per heavy atom. The van der Waals surface area contributed by atoms with Crippen LogP contribution in [0.25, 0.3) is 0 Å². The first-order valence-corrected chi connectivity index (χ1v) is 11.3. The molecule has 0 aromatic heterocycles. The third kappa shape index (κ3) is 4.62. The van der Waals surface area contributed by atoms with Gasteiger partial charge in [0.2, 0.25) is 15.9 Å². The minimum Gasteiger partial charge on any atom is -0.326 e. The molecule has 0 saturated carbocycles. The summed E-state index contributed by atoms with van der Waals surface area (Å²) in [6.07, 6.45) is 2.48. The highest BCUT2D eigenvalue weighted by Crippen LogP contribution is 2.25. The molecule has 1 aliphatic rings. The molecule has 0 radical (unpaired) electrons. The van der Waals surface area contributed by atoms with Crippen molar-refractivity contribution in [2.45, 2.75) is 43.9 Å².